The normalized spacial score (nSPS) is 12.5. The zero-order valence-electron chi connectivity index (χ0n) is 4.37. The number of alkyl halides is 1. The quantitative estimate of drug-likeness (QED) is 0.528. The predicted octanol–water partition coefficient (Wildman–Crippen LogP) is 1.92. The number of hydrogen-bond donors (Lipinski definition) is 1. The number of hydrogen-bond acceptors (Lipinski definition) is 1. The summed E-state index contributed by atoms with van der Waals surface area (Å²) in [5.74, 6) is 0. The van der Waals surface area contributed by atoms with Gasteiger partial charge < -0.3 is 6.15 Å². The SMILES string of the molecule is CCC(C)F.N. The van der Waals surface area contributed by atoms with Gasteiger partial charge in [0.2, 0.25) is 0 Å². The summed E-state index contributed by atoms with van der Waals surface area (Å²) in [6.07, 6.45) is 0.0231. The zero-order chi connectivity index (χ0) is 4.28. The van der Waals surface area contributed by atoms with Crippen LogP contribution in [-0.2, 0) is 0 Å². The summed E-state index contributed by atoms with van der Waals surface area (Å²) in [6, 6.07) is 0. The molecule has 0 aliphatic rings. The van der Waals surface area contributed by atoms with Gasteiger partial charge in [-0.1, -0.05) is 6.92 Å². The Bertz CT molecular complexity index is 21.5. The molecule has 0 aromatic heterocycles. The highest BCUT2D eigenvalue weighted by Gasteiger charge is 1.85. The Morgan fingerprint density at radius 3 is 1.83 bits per heavy atom. The molecule has 40 valence electrons. The van der Waals surface area contributed by atoms with Crippen molar-refractivity contribution in [2.75, 3.05) is 0 Å². The third kappa shape index (κ3) is 9.10. The van der Waals surface area contributed by atoms with E-state index in [1.807, 2.05) is 6.92 Å². The van der Waals surface area contributed by atoms with Crippen LogP contribution in [0.25, 0.3) is 0 Å². The van der Waals surface area contributed by atoms with Crippen molar-refractivity contribution >= 4 is 0 Å². The van der Waals surface area contributed by atoms with E-state index in [1.54, 1.807) is 6.92 Å². The largest absolute Gasteiger partial charge is 0.344 e. The highest BCUT2D eigenvalue weighted by atomic mass is 19.1. The smallest absolute Gasteiger partial charge is 0.0971 e. The molecular formula is C4H12FN. The number of rotatable bonds is 1. The molecule has 0 aromatic carbocycles. The van der Waals surface area contributed by atoms with E-state index in [0.29, 0.717) is 6.42 Å². The molecule has 0 radical (unpaired) electrons. The molecule has 0 heterocycles. The van der Waals surface area contributed by atoms with Crippen LogP contribution >= 0.6 is 0 Å². The Morgan fingerprint density at radius 1 is 1.67 bits per heavy atom. The predicted molar refractivity (Wildman–Crippen MR) is 25.9 cm³/mol. The molecule has 6 heavy (non-hydrogen) atoms. The maximum atomic E-state index is 11.4. The van der Waals surface area contributed by atoms with Gasteiger partial charge in [0.1, 0.15) is 0 Å². The Morgan fingerprint density at radius 2 is 1.83 bits per heavy atom. The molecule has 0 bridgehead atoms. The summed E-state index contributed by atoms with van der Waals surface area (Å²) in [7, 11) is 0. The minimum Gasteiger partial charge on any atom is -0.344 e. The average molecular weight is 93.1 g/mol. The second-order valence-electron chi connectivity index (χ2n) is 1.19. The molecule has 0 fully saturated rings. The summed E-state index contributed by atoms with van der Waals surface area (Å²) >= 11 is 0. The molecule has 1 unspecified atom stereocenters. The fraction of sp³-hybridized carbons (Fsp3) is 1.00. The van der Waals surface area contributed by atoms with Crippen molar-refractivity contribution < 1.29 is 4.39 Å². The first-order valence-corrected chi connectivity index (χ1v) is 1.91. The van der Waals surface area contributed by atoms with Gasteiger partial charge in [0.25, 0.3) is 0 Å². The molecular weight excluding hydrogens is 81.0 g/mol. The minimum absolute atomic E-state index is 0. The highest BCUT2D eigenvalue weighted by molar-refractivity contribution is 4.35. The van der Waals surface area contributed by atoms with E-state index in [9.17, 15) is 4.39 Å². The van der Waals surface area contributed by atoms with E-state index >= 15 is 0 Å². The molecule has 3 N–H and O–H groups in total. The fourth-order valence-electron chi connectivity index (χ4n) is 0. The highest BCUT2D eigenvalue weighted by Crippen LogP contribution is 1.90. The third-order valence-electron chi connectivity index (χ3n) is 0.563. The Balaban J connectivity index is 0. The lowest BCUT2D eigenvalue weighted by atomic mass is 10.4. The lowest BCUT2D eigenvalue weighted by molar-refractivity contribution is 0.352. The van der Waals surface area contributed by atoms with E-state index < -0.39 is 6.17 Å². The first-order valence-electron chi connectivity index (χ1n) is 1.91. The first kappa shape index (κ1) is 9.31. The van der Waals surface area contributed by atoms with Gasteiger partial charge in [0, 0.05) is 0 Å². The van der Waals surface area contributed by atoms with Crippen LogP contribution in [0.5, 0.6) is 0 Å². The molecule has 0 amide bonds. The van der Waals surface area contributed by atoms with E-state index in [4.69, 9.17) is 0 Å². The lowest BCUT2D eigenvalue weighted by Gasteiger charge is -1.86. The Hall–Kier alpha value is -0.110. The van der Waals surface area contributed by atoms with Gasteiger partial charge in [-0.3, -0.25) is 0 Å². The van der Waals surface area contributed by atoms with Crippen molar-refractivity contribution in [3.05, 3.63) is 0 Å². The van der Waals surface area contributed by atoms with Crippen molar-refractivity contribution in [1.82, 2.24) is 6.15 Å². The van der Waals surface area contributed by atoms with E-state index in [2.05, 4.69) is 0 Å². The van der Waals surface area contributed by atoms with Gasteiger partial charge >= 0.3 is 0 Å². The standard InChI is InChI=1S/C4H9F.H3N/c1-3-4(2)5;/h4H,3H2,1-2H3;1H3. The van der Waals surface area contributed by atoms with Crippen LogP contribution in [0.3, 0.4) is 0 Å². The molecule has 0 aromatic rings. The van der Waals surface area contributed by atoms with E-state index in [1.165, 1.54) is 0 Å². The summed E-state index contributed by atoms with van der Waals surface area (Å²) in [6.45, 7) is 3.38. The molecule has 1 atom stereocenters. The molecule has 0 spiro atoms. The van der Waals surface area contributed by atoms with Crippen molar-refractivity contribution in [1.29, 1.82) is 0 Å². The second kappa shape index (κ2) is 4.89. The molecule has 0 aliphatic heterocycles. The van der Waals surface area contributed by atoms with E-state index in [-0.39, 0.29) is 6.15 Å². The summed E-state index contributed by atoms with van der Waals surface area (Å²) in [4.78, 5) is 0. The van der Waals surface area contributed by atoms with Gasteiger partial charge in [-0.2, -0.15) is 0 Å². The monoisotopic (exact) mass is 93.1 g/mol. The number of halogens is 1. The van der Waals surface area contributed by atoms with Crippen LogP contribution in [-0.4, -0.2) is 6.17 Å². The van der Waals surface area contributed by atoms with Gasteiger partial charge in [0.15, 0.2) is 0 Å². The molecule has 0 saturated heterocycles. The zero-order valence-corrected chi connectivity index (χ0v) is 4.37. The fourth-order valence-corrected chi connectivity index (χ4v) is 0. The van der Waals surface area contributed by atoms with Crippen LogP contribution in [0.4, 0.5) is 4.39 Å². The van der Waals surface area contributed by atoms with Crippen molar-refractivity contribution in [3.8, 4) is 0 Å². The first-order chi connectivity index (χ1) is 2.27. The maximum absolute atomic E-state index is 11.4. The van der Waals surface area contributed by atoms with Gasteiger partial charge in [-0.05, 0) is 13.3 Å². The van der Waals surface area contributed by atoms with Crippen LogP contribution in [0.2, 0.25) is 0 Å². The minimum atomic E-state index is -0.616. The average Bonchev–Trinajstić information content (AvgIpc) is 1.38. The Labute approximate surface area is 38.1 Å². The van der Waals surface area contributed by atoms with Gasteiger partial charge in [-0.25, -0.2) is 4.39 Å². The van der Waals surface area contributed by atoms with Gasteiger partial charge in [0.05, 0.1) is 6.17 Å². The van der Waals surface area contributed by atoms with Crippen LogP contribution < -0.4 is 6.15 Å². The summed E-state index contributed by atoms with van der Waals surface area (Å²) in [5.41, 5.74) is 0. The topological polar surface area (TPSA) is 35.0 Å². The maximum Gasteiger partial charge on any atom is 0.0971 e. The molecule has 0 aliphatic carbocycles. The van der Waals surface area contributed by atoms with Crippen LogP contribution in [0.15, 0.2) is 0 Å². The molecule has 1 nitrogen and oxygen atoms in total. The van der Waals surface area contributed by atoms with Crippen molar-refractivity contribution in [2.45, 2.75) is 26.4 Å². The second-order valence-corrected chi connectivity index (χ2v) is 1.19. The summed E-state index contributed by atoms with van der Waals surface area (Å²) < 4.78 is 11.4. The van der Waals surface area contributed by atoms with Crippen LogP contribution in [0.1, 0.15) is 20.3 Å². The van der Waals surface area contributed by atoms with E-state index in [0.717, 1.165) is 0 Å². The van der Waals surface area contributed by atoms with Crippen LogP contribution in [0, 0.1) is 0 Å². The Kier molecular flexibility index (Phi) is 7.59. The van der Waals surface area contributed by atoms with Crippen molar-refractivity contribution in [2.24, 2.45) is 0 Å². The lowest BCUT2D eigenvalue weighted by Crippen LogP contribution is -1.83. The third-order valence-corrected chi connectivity index (χ3v) is 0.563. The molecule has 0 saturated carbocycles. The van der Waals surface area contributed by atoms with Crippen molar-refractivity contribution in [3.63, 3.8) is 0 Å². The van der Waals surface area contributed by atoms with Gasteiger partial charge in [-0.15, -0.1) is 0 Å². The molecule has 2 heteroatoms. The summed E-state index contributed by atoms with van der Waals surface area (Å²) in [5, 5.41) is 0. The molecule has 0 rings (SSSR count).